The minimum Gasteiger partial charge on any atom is -0.481 e. The molecule has 0 bridgehead atoms. The molecular formula is C13H26N2O2. The molecule has 1 atom stereocenters. The Morgan fingerprint density at radius 2 is 2.12 bits per heavy atom. The first kappa shape index (κ1) is 14.5. The number of nitrogens with one attached hydrogen (secondary N) is 1. The third-order valence-electron chi connectivity index (χ3n) is 3.62. The van der Waals surface area contributed by atoms with E-state index in [4.69, 9.17) is 5.11 Å². The molecule has 4 heteroatoms. The van der Waals surface area contributed by atoms with Crippen LogP contribution in [-0.2, 0) is 4.79 Å². The molecule has 0 radical (unpaired) electrons. The van der Waals surface area contributed by atoms with Crippen LogP contribution in [0.25, 0.3) is 0 Å². The summed E-state index contributed by atoms with van der Waals surface area (Å²) in [5, 5.41) is 12.5. The zero-order valence-corrected chi connectivity index (χ0v) is 11.2. The molecular weight excluding hydrogens is 216 g/mol. The van der Waals surface area contributed by atoms with Gasteiger partial charge in [0.1, 0.15) is 0 Å². The molecule has 17 heavy (non-hydrogen) atoms. The number of likely N-dealkylation sites (tertiary alicyclic amines) is 1. The summed E-state index contributed by atoms with van der Waals surface area (Å²) in [6, 6.07) is 0. The molecule has 1 fully saturated rings. The van der Waals surface area contributed by atoms with Gasteiger partial charge in [0.25, 0.3) is 0 Å². The third-order valence-corrected chi connectivity index (χ3v) is 3.62. The van der Waals surface area contributed by atoms with Crippen molar-refractivity contribution >= 4 is 5.97 Å². The summed E-state index contributed by atoms with van der Waals surface area (Å²) in [6.45, 7) is 8.36. The first-order chi connectivity index (χ1) is 8.12. The molecule has 4 nitrogen and oxygen atoms in total. The van der Waals surface area contributed by atoms with Gasteiger partial charge in [-0.1, -0.05) is 13.8 Å². The largest absolute Gasteiger partial charge is 0.481 e. The average molecular weight is 242 g/mol. The molecule has 0 aromatic heterocycles. The van der Waals surface area contributed by atoms with E-state index in [2.05, 4.69) is 24.1 Å². The quantitative estimate of drug-likeness (QED) is 0.744. The summed E-state index contributed by atoms with van der Waals surface area (Å²) >= 11 is 0. The SMILES string of the molecule is CCCN1CCCC(CC(=O)O)(NCC)CC1. The van der Waals surface area contributed by atoms with Crippen LogP contribution in [0.2, 0.25) is 0 Å². The second-order valence-electron chi connectivity index (χ2n) is 5.08. The Kier molecular flexibility index (Phi) is 5.92. The Hall–Kier alpha value is -0.610. The number of aliphatic carboxylic acids is 1. The van der Waals surface area contributed by atoms with Crippen LogP contribution < -0.4 is 5.32 Å². The monoisotopic (exact) mass is 242 g/mol. The summed E-state index contributed by atoms with van der Waals surface area (Å²) < 4.78 is 0. The van der Waals surface area contributed by atoms with Gasteiger partial charge in [0.2, 0.25) is 0 Å². The molecule has 1 saturated heterocycles. The number of carboxylic acid groups (broad SMARTS) is 1. The van der Waals surface area contributed by atoms with E-state index in [1.54, 1.807) is 0 Å². The number of carbonyl (C=O) groups is 1. The van der Waals surface area contributed by atoms with E-state index < -0.39 is 5.97 Å². The van der Waals surface area contributed by atoms with Crippen LogP contribution in [0.5, 0.6) is 0 Å². The molecule has 1 heterocycles. The lowest BCUT2D eigenvalue weighted by atomic mass is 9.87. The lowest BCUT2D eigenvalue weighted by Crippen LogP contribution is -2.47. The van der Waals surface area contributed by atoms with E-state index in [9.17, 15) is 4.79 Å². The first-order valence-corrected chi connectivity index (χ1v) is 6.81. The van der Waals surface area contributed by atoms with Crippen molar-refractivity contribution < 1.29 is 9.90 Å². The van der Waals surface area contributed by atoms with Crippen molar-refractivity contribution in [2.45, 2.75) is 51.5 Å². The van der Waals surface area contributed by atoms with Crippen LogP contribution >= 0.6 is 0 Å². The van der Waals surface area contributed by atoms with Gasteiger partial charge < -0.3 is 15.3 Å². The lowest BCUT2D eigenvalue weighted by Gasteiger charge is -2.32. The molecule has 1 aliphatic rings. The topological polar surface area (TPSA) is 52.6 Å². The fourth-order valence-corrected chi connectivity index (χ4v) is 2.87. The molecule has 1 rings (SSSR count). The van der Waals surface area contributed by atoms with Crippen molar-refractivity contribution in [2.24, 2.45) is 0 Å². The van der Waals surface area contributed by atoms with Gasteiger partial charge in [0, 0.05) is 5.54 Å². The molecule has 0 aromatic carbocycles. The van der Waals surface area contributed by atoms with Gasteiger partial charge in [-0.3, -0.25) is 4.79 Å². The number of rotatable bonds is 6. The highest BCUT2D eigenvalue weighted by molar-refractivity contribution is 5.68. The number of carboxylic acids is 1. The molecule has 0 saturated carbocycles. The van der Waals surface area contributed by atoms with Crippen LogP contribution in [0.4, 0.5) is 0 Å². The van der Waals surface area contributed by atoms with Gasteiger partial charge in [-0.15, -0.1) is 0 Å². The third kappa shape index (κ3) is 4.64. The molecule has 100 valence electrons. The van der Waals surface area contributed by atoms with Gasteiger partial charge in [-0.25, -0.2) is 0 Å². The Morgan fingerprint density at radius 1 is 1.35 bits per heavy atom. The van der Waals surface area contributed by atoms with Gasteiger partial charge in [-0.05, 0) is 51.9 Å². The Bertz CT molecular complexity index is 246. The minimum absolute atomic E-state index is 0.178. The van der Waals surface area contributed by atoms with E-state index in [1.807, 2.05) is 0 Å². The van der Waals surface area contributed by atoms with Crippen LogP contribution in [0.1, 0.15) is 46.0 Å². The lowest BCUT2D eigenvalue weighted by molar-refractivity contribution is -0.138. The van der Waals surface area contributed by atoms with Gasteiger partial charge >= 0.3 is 5.97 Å². The minimum atomic E-state index is -0.685. The standard InChI is InChI=1S/C13H26N2O2/c1-3-8-15-9-5-6-13(7-10-15,14-4-2)11-12(16)17/h14H,3-11H2,1-2H3,(H,16,17). The Morgan fingerprint density at radius 3 is 2.71 bits per heavy atom. The smallest absolute Gasteiger partial charge is 0.305 e. The van der Waals surface area contributed by atoms with Crippen LogP contribution in [-0.4, -0.2) is 47.7 Å². The summed E-state index contributed by atoms with van der Waals surface area (Å²) in [5.41, 5.74) is -0.178. The van der Waals surface area contributed by atoms with Crippen LogP contribution in [0.3, 0.4) is 0 Å². The average Bonchev–Trinajstić information content (AvgIpc) is 2.42. The van der Waals surface area contributed by atoms with Crippen LogP contribution in [0.15, 0.2) is 0 Å². The van der Waals surface area contributed by atoms with Crippen molar-refractivity contribution in [3.8, 4) is 0 Å². The summed E-state index contributed by atoms with van der Waals surface area (Å²) in [4.78, 5) is 13.5. The summed E-state index contributed by atoms with van der Waals surface area (Å²) in [6.07, 6.45) is 4.45. The van der Waals surface area contributed by atoms with Gasteiger partial charge in [-0.2, -0.15) is 0 Å². The molecule has 1 unspecified atom stereocenters. The highest BCUT2D eigenvalue weighted by Crippen LogP contribution is 2.26. The zero-order valence-electron chi connectivity index (χ0n) is 11.2. The maximum atomic E-state index is 11.0. The van der Waals surface area contributed by atoms with Gasteiger partial charge in [0.15, 0.2) is 0 Å². The first-order valence-electron chi connectivity index (χ1n) is 6.81. The maximum absolute atomic E-state index is 11.0. The van der Waals surface area contributed by atoms with Crippen molar-refractivity contribution in [3.05, 3.63) is 0 Å². The van der Waals surface area contributed by atoms with Crippen molar-refractivity contribution in [1.29, 1.82) is 0 Å². The van der Waals surface area contributed by atoms with Gasteiger partial charge in [0.05, 0.1) is 6.42 Å². The Balaban J connectivity index is 2.61. The Labute approximate surface area is 104 Å². The van der Waals surface area contributed by atoms with E-state index in [-0.39, 0.29) is 12.0 Å². The molecule has 0 aliphatic carbocycles. The highest BCUT2D eigenvalue weighted by Gasteiger charge is 2.33. The normalized spacial score (nSPS) is 26.7. The molecule has 0 aromatic rings. The number of nitrogens with zero attached hydrogens (tertiary/aromatic N) is 1. The maximum Gasteiger partial charge on any atom is 0.305 e. The fourth-order valence-electron chi connectivity index (χ4n) is 2.87. The number of hydrogen-bond acceptors (Lipinski definition) is 3. The second kappa shape index (κ2) is 6.97. The number of hydrogen-bond donors (Lipinski definition) is 2. The fraction of sp³-hybridized carbons (Fsp3) is 0.923. The predicted molar refractivity (Wildman–Crippen MR) is 69.2 cm³/mol. The van der Waals surface area contributed by atoms with Crippen molar-refractivity contribution in [2.75, 3.05) is 26.2 Å². The van der Waals surface area contributed by atoms with E-state index in [1.165, 1.54) is 6.42 Å². The molecule has 2 N–H and O–H groups in total. The van der Waals surface area contributed by atoms with E-state index in [0.29, 0.717) is 0 Å². The van der Waals surface area contributed by atoms with E-state index >= 15 is 0 Å². The van der Waals surface area contributed by atoms with Crippen LogP contribution in [0, 0.1) is 0 Å². The second-order valence-corrected chi connectivity index (χ2v) is 5.08. The zero-order chi connectivity index (χ0) is 12.7. The summed E-state index contributed by atoms with van der Waals surface area (Å²) in [7, 11) is 0. The predicted octanol–water partition coefficient (Wildman–Crippen LogP) is 1.71. The highest BCUT2D eigenvalue weighted by atomic mass is 16.4. The molecule has 0 amide bonds. The van der Waals surface area contributed by atoms with Crippen molar-refractivity contribution in [3.63, 3.8) is 0 Å². The molecule has 1 aliphatic heterocycles. The summed E-state index contributed by atoms with van der Waals surface area (Å²) in [5.74, 6) is -0.685. The van der Waals surface area contributed by atoms with E-state index in [0.717, 1.165) is 45.4 Å². The van der Waals surface area contributed by atoms with Crippen molar-refractivity contribution in [1.82, 2.24) is 10.2 Å². The molecule has 0 spiro atoms.